The molecule has 19 heavy (non-hydrogen) atoms. The fourth-order valence-corrected chi connectivity index (χ4v) is 2.75. The maximum atomic E-state index is 14.0. The average Bonchev–Trinajstić information content (AvgIpc) is 2.46. The van der Waals surface area contributed by atoms with Crippen LogP contribution in [0.1, 0.15) is 49.7 Å². The first-order valence-electron chi connectivity index (χ1n) is 7.32. The lowest BCUT2D eigenvalue weighted by molar-refractivity contribution is 0.497. The van der Waals surface area contributed by atoms with Crippen LogP contribution in [0.15, 0.2) is 43.0 Å². The molecule has 0 N–H and O–H groups in total. The Morgan fingerprint density at radius 3 is 2.74 bits per heavy atom. The topological polar surface area (TPSA) is 0 Å². The third-order valence-electron chi connectivity index (χ3n) is 4.11. The molecule has 1 aliphatic rings. The van der Waals surface area contributed by atoms with Gasteiger partial charge in [-0.2, -0.15) is 0 Å². The lowest BCUT2D eigenvalue weighted by atomic mass is 9.83. The minimum atomic E-state index is -0.0645. The van der Waals surface area contributed by atoms with E-state index in [1.807, 2.05) is 12.1 Å². The molecule has 102 valence electrons. The Morgan fingerprint density at radius 2 is 2.16 bits per heavy atom. The van der Waals surface area contributed by atoms with Crippen molar-refractivity contribution in [3.63, 3.8) is 0 Å². The van der Waals surface area contributed by atoms with Crippen molar-refractivity contribution in [3.05, 3.63) is 60.0 Å². The summed E-state index contributed by atoms with van der Waals surface area (Å²) in [7, 11) is 0. The molecule has 2 unspecified atom stereocenters. The molecule has 0 radical (unpaired) electrons. The lowest BCUT2D eigenvalue weighted by Crippen LogP contribution is -2.07. The van der Waals surface area contributed by atoms with E-state index in [9.17, 15) is 4.39 Å². The monoisotopic (exact) mass is 258 g/mol. The van der Waals surface area contributed by atoms with Crippen LogP contribution >= 0.6 is 0 Å². The van der Waals surface area contributed by atoms with Crippen LogP contribution in [0.25, 0.3) is 0 Å². The second kappa shape index (κ2) is 6.70. The van der Waals surface area contributed by atoms with Gasteiger partial charge in [-0.15, -0.1) is 6.58 Å². The van der Waals surface area contributed by atoms with Gasteiger partial charge in [0.15, 0.2) is 0 Å². The molecule has 1 aliphatic carbocycles. The van der Waals surface area contributed by atoms with Gasteiger partial charge >= 0.3 is 0 Å². The highest BCUT2D eigenvalue weighted by molar-refractivity contribution is 5.30. The van der Waals surface area contributed by atoms with Gasteiger partial charge in [0.1, 0.15) is 5.82 Å². The van der Waals surface area contributed by atoms with Gasteiger partial charge in [-0.05, 0) is 55.2 Å². The fraction of sp³-hybridized carbons (Fsp3) is 0.444. The summed E-state index contributed by atoms with van der Waals surface area (Å²) in [6.07, 6.45) is 11.5. The molecule has 0 heterocycles. The largest absolute Gasteiger partial charge is 0.207 e. The molecule has 0 aromatic heterocycles. The fourth-order valence-electron chi connectivity index (χ4n) is 2.75. The summed E-state index contributed by atoms with van der Waals surface area (Å²) in [5, 5.41) is 0. The average molecular weight is 258 g/mol. The van der Waals surface area contributed by atoms with Crippen molar-refractivity contribution in [2.24, 2.45) is 5.92 Å². The molecule has 0 saturated carbocycles. The Hall–Kier alpha value is -1.37. The van der Waals surface area contributed by atoms with E-state index in [4.69, 9.17) is 0 Å². The molecule has 0 fully saturated rings. The second-order valence-electron chi connectivity index (χ2n) is 5.42. The summed E-state index contributed by atoms with van der Waals surface area (Å²) >= 11 is 0. The third kappa shape index (κ3) is 3.56. The summed E-state index contributed by atoms with van der Waals surface area (Å²) < 4.78 is 14.0. The summed E-state index contributed by atoms with van der Waals surface area (Å²) in [6.45, 7) is 5.91. The Kier molecular flexibility index (Phi) is 4.95. The zero-order valence-corrected chi connectivity index (χ0v) is 11.7. The third-order valence-corrected chi connectivity index (χ3v) is 4.11. The Balaban J connectivity index is 2.09. The van der Waals surface area contributed by atoms with Crippen LogP contribution in [0, 0.1) is 11.7 Å². The van der Waals surface area contributed by atoms with E-state index in [0.717, 1.165) is 30.4 Å². The molecule has 0 saturated heterocycles. The molecule has 2 rings (SSSR count). The normalized spacial score (nSPS) is 22.4. The van der Waals surface area contributed by atoms with Gasteiger partial charge in [0.25, 0.3) is 0 Å². The van der Waals surface area contributed by atoms with Crippen LogP contribution in [-0.4, -0.2) is 0 Å². The first-order valence-corrected chi connectivity index (χ1v) is 7.32. The maximum Gasteiger partial charge on any atom is 0.126 e. The van der Waals surface area contributed by atoms with Gasteiger partial charge in [0, 0.05) is 5.92 Å². The lowest BCUT2D eigenvalue weighted by Gasteiger charge is -2.22. The molecule has 0 amide bonds. The second-order valence-corrected chi connectivity index (χ2v) is 5.42. The van der Waals surface area contributed by atoms with Crippen molar-refractivity contribution in [2.75, 3.05) is 0 Å². The predicted octanol–water partition coefficient (Wildman–Crippen LogP) is 5.40. The number of rotatable bonds is 5. The summed E-state index contributed by atoms with van der Waals surface area (Å²) in [4.78, 5) is 0. The van der Waals surface area contributed by atoms with E-state index in [1.165, 1.54) is 12.8 Å². The number of hydrogen-bond donors (Lipinski definition) is 0. The molecule has 1 aromatic rings. The van der Waals surface area contributed by atoms with Crippen LogP contribution in [0.4, 0.5) is 4.39 Å². The maximum absolute atomic E-state index is 14.0. The summed E-state index contributed by atoms with van der Waals surface area (Å²) in [5.74, 6) is 1.05. The van der Waals surface area contributed by atoms with Crippen molar-refractivity contribution in [3.8, 4) is 0 Å². The van der Waals surface area contributed by atoms with Crippen molar-refractivity contribution < 1.29 is 4.39 Å². The molecular weight excluding hydrogens is 235 g/mol. The van der Waals surface area contributed by atoms with Gasteiger partial charge in [-0.1, -0.05) is 37.3 Å². The standard InChI is InChI=1S/C18H23F/c1-3-5-6-16-11-12-17(13-18(16)19)15-9-7-14(4-2)8-10-15/h3,7,9,11-15H,1,4-6,8,10H2,2H3. The van der Waals surface area contributed by atoms with E-state index in [0.29, 0.717) is 11.8 Å². The van der Waals surface area contributed by atoms with Gasteiger partial charge in [0.2, 0.25) is 0 Å². The van der Waals surface area contributed by atoms with Crippen LogP contribution in [0.2, 0.25) is 0 Å². The molecule has 0 bridgehead atoms. The van der Waals surface area contributed by atoms with Gasteiger partial charge in [-0.3, -0.25) is 0 Å². The minimum absolute atomic E-state index is 0.0645. The number of benzene rings is 1. The van der Waals surface area contributed by atoms with Crippen molar-refractivity contribution >= 4 is 0 Å². The Labute approximate surface area is 116 Å². The molecule has 2 atom stereocenters. The Bertz CT molecular complexity index is 459. The molecule has 0 aliphatic heterocycles. The molecule has 1 heteroatoms. The van der Waals surface area contributed by atoms with Crippen LogP contribution in [-0.2, 0) is 6.42 Å². The summed E-state index contributed by atoms with van der Waals surface area (Å²) in [5.41, 5.74) is 1.92. The van der Waals surface area contributed by atoms with E-state index in [2.05, 4.69) is 31.7 Å². The first kappa shape index (κ1) is 14.0. The SMILES string of the molecule is C=CCCc1ccc(C2C=CC(CC)CC2)cc1F. The number of aryl methyl sites for hydroxylation is 1. The van der Waals surface area contributed by atoms with Gasteiger partial charge in [0.05, 0.1) is 0 Å². The van der Waals surface area contributed by atoms with Crippen molar-refractivity contribution in [2.45, 2.75) is 44.9 Å². The van der Waals surface area contributed by atoms with E-state index < -0.39 is 0 Å². The van der Waals surface area contributed by atoms with Crippen molar-refractivity contribution in [1.82, 2.24) is 0 Å². The first-order chi connectivity index (χ1) is 9.24. The zero-order valence-electron chi connectivity index (χ0n) is 11.7. The highest BCUT2D eigenvalue weighted by Gasteiger charge is 2.17. The van der Waals surface area contributed by atoms with Gasteiger partial charge < -0.3 is 0 Å². The van der Waals surface area contributed by atoms with Crippen LogP contribution in [0.5, 0.6) is 0 Å². The predicted molar refractivity (Wildman–Crippen MR) is 79.8 cm³/mol. The summed E-state index contributed by atoms with van der Waals surface area (Å²) in [6, 6.07) is 5.75. The van der Waals surface area contributed by atoms with Crippen molar-refractivity contribution in [1.29, 1.82) is 0 Å². The molecular formula is C18H23F. The number of allylic oxidation sites excluding steroid dienone is 3. The van der Waals surface area contributed by atoms with E-state index in [-0.39, 0.29) is 5.82 Å². The quantitative estimate of drug-likeness (QED) is 0.620. The van der Waals surface area contributed by atoms with Gasteiger partial charge in [-0.25, -0.2) is 4.39 Å². The van der Waals surface area contributed by atoms with Crippen LogP contribution in [0.3, 0.4) is 0 Å². The number of halogens is 1. The molecule has 1 aromatic carbocycles. The molecule has 0 nitrogen and oxygen atoms in total. The highest BCUT2D eigenvalue weighted by atomic mass is 19.1. The highest BCUT2D eigenvalue weighted by Crippen LogP contribution is 2.32. The zero-order chi connectivity index (χ0) is 13.7. The smallest absolute Gasteiger partial charge is 0.126 e. The van der Waals surface area contributed by atoms with Crippen LogP contribution < -0.4 is 0 Å². The molecule has 0 spiro atoms. The minimum Gasteiger partial charge on any atom is -0.207 e. The van der Waals surface area contributed by atoms with E-state index in [1.54, 1.807) is 6.07 Å². The van der Waals surface area contributed by atoms with E-state index >= 15 is 0 Å². The Morgan fingerprint density at radius 1 is 1.32 bits per heavy atom. The number of hydrogen-bond acceptors (Lipinski definition) is 0.